The number of hydrogen-bond acceptors (Lipinski definition) is 4. The number of benzene rings is 1. The van der Waals surface area contributed by atoms with E-state index < -0.39 is 0 Å². The Morgan fingerprint density at radius 1 is 1.26 bits per heavy atom. The summed E-state index contributed by atoms with van der Waals surface area (Å²) in [5.74, 6) is -0.315. The van der Waals surface area contributed by atoms with Gasteiger partial charge in [0.25, 0.3) is 5.91 Å². The molecule has 2 heterocycles. The van der Waals surface area contributed by atoms with Gasteiger partial charge in [0.2, 0.25) is 5.43 Å². The third-order valence-electron chi connectivity index (χ3n) is 4.07. The number of para-hydroxylation sites is 1. The molecule has 1 amide bonds. The van der Waals surface area contributed by atoms with Crippen LogP contribution in [0.5, 0.6) is 0 Å². The average molecular weight is 315 g/mol. The Hall–Kier alpha value is -2.21. The normalized spacial score (nSPS) is 21.6. The van der Waals surface area contributed by atoms with E-state index >= 15 is 0 Å². The Bertz CT molecular complexity index is 789. The molecule has 1 aromatic heterocycles. The average Bonchev–Trinajstić information content (AvgIpc) is 2.54. The topological polar surface area (TPSA) is 64.4 Å². The van der Waals surface area contributed by atoms with Gasteiger partial charge in [-0.15, -0.1) is 0 Å². The highest BCUT2D eigenvalue weighted by Crippen LogP contribution is 2.14. The Morgan fingerprint density at radius 2 is 1.91 bits per heavy atom. The van der Waals surface area contributed by atoms with E-state index in [0.717, 1.165) is 5.52 Å². The molecule has 122 valence electrons. The van der Waals surface area contributed by atoms with Crippen LogP contribution in [-0.4, -0.2) is 45.9 Å². The molecule has 1 saturated heterocycles. The summed E-state index contributed by atoms with van der Waals surface area (Å²) in [7, 11) is 0. The fourth-order valence-electron chi connectivity index (χ4n) is 3.11. The molecule has 1 aromatic carbocycles. The van der Waals surface area contributed by atoms with Crippen molar-refractivity contribution in [3.05, 3.63) is 40.2 Å². The molecule has 0 saturated carbocycles. The van der Waals surface area contributed by atoms with Gasteiger partial charge < -0.3 is 9.64 Å². The van der Waals surface area contributed by atoms with Crippen molar-refractivity contribution < 1.29 is 9.53 Å². The van der Waals surface area contributed by atoms with Crippen molar-refractivity contribution in [2.75, 3.05) is 13.1 Å². The molecule has 6 heteroatoms. The van der Waals surface area contributed by atoms with Crippen molar-refractivity contribution in [1.29, 1.82) is 0 Å². The fraction of sp³-hybridized carbons (Fsp3) is 0.471. The van der Waals surface area contributed by atoms with Gasteiger partial charge in [-0.3, -0.25) is 14.3 Å². The number of amides is 1. The van der Waals surface area contributed by atoms with Crippen molar-refractivity contribution in [3.8, 4) is 0 Å². The lowest BCUT2D eigenvalue weighted by Crippen LogP contribution is -2.49. The molecule has 1 aliphatic rings. The monoisotopic (exact) mass is 315 g/mol. The molecule has 2 atom stereocenters. The van der Waals surface area contributed by atoms with Crippen molar-refractivity contribution in [2.45, 2.75) is 39.5 Å². The molecule has 2 unspecified atom stereocenters. The molecule has 3 rings (SSSR count). The Kier molecular flexibility index (Phi) is 4.17. The van der Waals surface area contributed by atoms with Crippen LogP contribution in [0.1, 0.15) is 31.3 Å². The van der Waals surface area contributed by atoms with Crippen LogP contribution < -0.4 is 5.43 Å². The van der Waals surface area contributed by atoms with Gasteiger partial charge >= 0.3 is 0 Å². The molecular weight excluding hydrogens is 294 g/mol. The first-order chi connectivity index (χ1) is 11.0. The highest BCUT2D eigenvalue weighted by Gasteiger charge is 2.29. The lowest BCUT2D eigenvalue weighted by Gasteiger charge is -2.35. The van der Waals surface area contributed by atoms with E-state index in [1.165, 1.54) is 0 Å². The van der Waals surface area contributed by atoms with Gasteiger partial charge in [-0.2, -0.15) is 5.10 Å². The minimum absolute atomic E-state index is 0.00755. The summed E-state index contributed by atoms with van der Waals surface area (Å²) in [5, 5.41) is 4.85. The van der Waals surface area contributed by atoms with Crippen molar-refractivity contribution >= 4 is 16.8 Å². The standard InChI is InChI=1S/C17H21N3O3/c1-4-20-14-8-6-5-7-13(14)16(21)15(18-20)17(22)19-9-11(2)23-12(3)10-19/h5-8,11-12H,4,9-10H2,1-3H3. The van der Waals surface area contributed by atoms with Gasteiger partial charge in [0.1, 0.15) is 0 Å². The third-order valence-corrected chi connectivity index (χ3v) is 4.07. The maximum Gasteiger partial charge on any atom is 0.278 e. The zero-order valence-corrected chi connectivity index (χ0v) is 13.7. The Balaban J connectivity index is 2.07. The highest BCUT2D eigenvalue weighted by molar-refractivity contribution is 5.95. The Morgan fingerprint density at radius 3 is 2.57 bits per heavy atom. The predicted molar refractivity (Wildman–Crippen MR) is 87.6 cm³/mol. The number of rotatable bonds is 2. The highest BCUT2D eigenvalue weighted by atomic mass is 16.5. The van der Waals surface area contributed by atoms with E-state index in [1.807, 2.05) is 32.9 Å². The fourth-order valence-corrected chi connectivity index (χ4v) is 3.11. The zero-order valence-electron chi connectivity index (χ0n) is 13.7. The van der Waals surface area contributed by atoms with Gasteiger partial charge in [-0.1, -0.05) is 12.1 Å². The van der Waals surface area contributed by atoms with Crippen molar-refractivity contribution in [1.82, 2.24) is 14.7 Å². The summed E-state index contributed by atoms with van der Waals surface area (Å²) < 4.78 is 7.36. The molecule has 0 bridgehead atoms. The number of ether oxygens (including phenoxy) is 1. The van der Waals surface area contributed by atoms with E-state index in [9.17, 15) is 9.59 Å². The van der Waals surface area contributed by atoms with E-state index in [-0.39, 0.29) is 29.2 Å². The van der Waals surface area contributed by atoms with Gasteiger partial charge in [-0.05, 0) is 32.9 Å². The molecule has 0 aliphatic carbocycles. The number of morpholine rings is 1. The van der Waals surface area contributed by atoms with Crippen molar-refractivity contribution in [3.63, 3.8) is 0 Å². The first-order valence-electron chi connectivity index (χ1n) is 7.95. The lowest BCUT2D eigenvalue weighted by atomic mass is 10.1. The first-order valence-corrected chi connectivity index (χ1v) is 7.95. The van der Waals surface area contributed by atoms with Crippen molar-refractivity contribution in [2.24, 2.45) is 0 Å². The summed E-state index contributed by atoms with van der Waals surface area (Å²) >= 11 is 0. The third kappa shape index (κ3) is 2.86. The van der Waals surface area contributed by atoms with Crippen LogP contribution in [0.3, 0.4) is 0 Å². The molecule has 0 N–H and O–H groups in total. The number of carbonyl (C=O) groups excluding carboxylic acids is 1. The molecule has 6 nitrogen and oxygen atoms in total. The van der Waals surface area contributed by atoms with Crippen LogP contribution >= 0.6 is 0 Å². The second kappa shape index (κ2) is 6.12. The molecule has 0 radical (unpaired) electrons. The smallest absolute Gasteiger partial charge is 0.278 e. The number of carbonyl (C=O) groups is 1. The molecule has 2 aromatic rings. The quantitative estimate of drug-likeness (QED) is 0.845. The summed E-state index contributed by atoms with van der Waals surface area (Å²) in [6, 6.07) is 7.26. The summed E-state index contributed by atoms with van der Waals surface area (Å²) in [5.41, 5.74) is 0.439. The van der Waals surface area contributed by atoms with E-state index in [2.05, 4.69) is 5.10 Å². The SMILES string of the molecule is CCn1nc(C(=O)N2CC(C)OC(C)C2)c(=O)c2ccccc21. The van der Waals surface area contributed by atoms with Crippen LogP contribution in [0.15, 0.2) is 29.1 Å². The summed E-state index contributed by atoms with van der Waals surface area (Å²) in [6.07, 6.45) is -0.0897. The number of aryl methyl sites for hydroxylation is 1. The van der Waals surface area contributed by atoms with E-state index in [0.29, 0.717) is 25.0 Å². The molecule has 1 fully saturated rings. The van der Waals surface area contributed by atoms with Gasteiger partial charge in [-0.25, -0.2) is 0 Å². The van der Waals surface area contributed by atoms with E-state index in [1.54, 1.807) is 21.7 Å². The van der Waals surface area contributed by atoms with Crippen LogP contribution in [0.4, 0.5) is 0 Å². The molecule has 0 spiro atoms. The number of fused-ring (bicyclic) bond motifs is 1. The maximum atomic E-state index is 12.8. The number of hydrogen-bond donors (Lipinski definition) is 0. The largest absolute Gasteiger partial charge is 0.372 e. The minimum Gasteiger partial charge on any atom is -0.372 e. The minimum atomic E-state index is -0.315. The summed E-state index contributed by atoms with van der Waals surface area (Å²) in [6.45, 7) is 7.34. The van der Waals surface area contributed by atoms with Crippen LogP contribution in [-0.2, 0) is 11.3 Å². The van der Waals surface area contributed by atoms with Crippen LogP contribution in [0.25, 0.3) is 10.9 Å². The Labute approximate surface area is 134 Å². The van der Waals surface area contributed by atoms with Gasteiger partial charge in [0.15, 0.2) is 5.69 Å². The maximum absolute atomic E-state index is 12.8. The molecular formula is C17H21N3O3. The number of aromatic nitrogens is 2. The lowest BCUT2D eigenvalue weighted by molar-refractivity contribution is -0.0588. The van der Waals surface area contributed by atoms with Crippen LogP contribution in [0.2, 0.25) is 0 Å². The molecule has 1 aliphatic heterocycles. The van der Waals surface area contributed by atoms with Crippen LogP contribution in [0, 0.1) is 0 Å². The predicted octanol–water partition coefficient (Wildman–Crippen LogP) is 1.67. The van der Waals surface area contributed by atoms with Gasteiger partial charge in [0, 0.05) is 25.0 Å². The van der Waals surface area contributed by atoms with Gasteiger partial charge in [0.05, 0.1) is 17.7 Å². The second-order valence-corrected chi connectivity index (χ2v) is 5.98. The molecule has 23 heavy (non-hydrogen) atoms. The number of nitrogens with zero attached hydrogens (tertiary/aromatic N) is 3. The van der Waals surface area contributed by atoms with E-state index in [4.69, 9.17) is 4.74 Å². The zero-order chi connectivity index (χ0) is 16.6. The second-order valence-electron chi connectivity index (χ2n) is 5.98. The summed E-state index contributed by atoms with van der Waals surface area (Å²) in [4.78, 5) is 27.2. The first kappa shape index (κ1) is 15.7.